The second-order valence-corrected chi connectivity index (χ2v) is 21.5. The first-order valence-electron chi connectivity index (χ1n) is 27.2. The number of carboxylic acid groups (broad SMARTS) is 1. The number of aromatic nitrogens is 4. The lowest BCUT2D eigenvalue weighted by atomic mass is 9.80. The van der Waals surface area contributed by atoms with Gasteiger partial charge in [0.1, 0.15) is 41.6 Å². The predicted molar refractivity (Wildman–Crippen MR) is 307 cm³/mol. The summed E-state index contributed by atoms with van der Waals surface area (Å²) in [5.74, 6) is 2.65. The van der Waals surface area contributed by atoms with Gasteiger partial charge in [-0.3, -0.25) is 29.4 Å². The summed E-state index contributed by atoms with van der Waals surface area (Å²) in [4.78, 5) is 68.5. The van der Waals surface area contributed by atoms with Crippen LogP contribution < -0.4 is 24.4 Å². The number of carbonyl (C=O) groups excluding carboxylic acids is 3. The molecule has 3 amide bonds. The van der Waals surface area contributed by atoms with Gasteiger partial charge in [-0.25, -0.2) is 15.0 Å². The number of anilines is 1. The number of rotatable bonds is 20. The molecule has 0 radical (unpaired) electrons. The van der Waals surface area contributed by atoms with Crippen LogP contribution in [0.2, 0.25) is 0 Å². The van der Waals surface area contributed by atoms with E-state index in [9.17, 15) is 24.3 Å². The third kappa shape index (κ3) is 14.0. The number of thioether (sulfide) groups is 1. The number of aryl methyl sites for hydroxylation is 2. The molecule has 0 aliphatic carbocycles. The number of aliphatic carboxylic acids is 1. The molecule has 3 aliphatic rings. The Morgan fingerprint density at radius 2 is 1.58 bits per heavy atom. The minimum Gasteiger partial charge on any atom is -0.497 e. The lowest BCUT2D eigenvalue weighted by Crippen LogP contribution is -2.51. The molecule has 79 heavy (non-hydrogen) atoms. The first kappa shape index (κ1) is 56.2. The quantitative estimate of drug-likeness (QED) is 0.0733. The van der Waals surface area contributed by atoms with Crippen LogP contribution in [0.1, 0.15) is 72.0 Å². The summed E-state index contributed by atoms with van der Waals surface area (Å²) in [7, 11) is 3.53. The van der Waals surface area contributed by atoms with Gasteiger partial charge in [-0.2, -0.15) is 0 Å². The van der Waals surface area contributed by atoms with Crippen LogP contribution in [0.4, 0.5) is 10.6 Å². The maximum atomic E-state index is 14.1. The number of nitrogens with one attached hydrogen (secondary N) is 1. The largest absolute Gasteiger partial charge is 0.497 e. The van der Waals surface area contributed by atoms with Crippen molar-refractivity contribution in [2.45, 2.75) is 77.0 Å². The van der Waals surface area contributed by atoms with Gasteiger partial charge in [0.25, 0.3) is 5.24 Å². The SMILES string of the molecule is CCCN1CCN(C(=O)[C@H](c2ccc(Cn3c4ccccc4c4c(C)c(CCC(=O)O)c(C)nc43)cc2)C2CCOCC2)CC1.COc1ccc(Oc2cc(N(C)CCOc3ccc(CC4SC(=O)NC4=O)cc3)ncn2)cc1. The molecule has 4 aromatic carbocycles. The molecule has 1 unspecified atom stereocenters. The Balaban J connectivity index is 0.000000199. The molecule has 0 bridgehead atoms. The number of pyridine rings is 1. The number of nitrogens with zero attached hydrogens (tertiary/aromatic N) is 7. The Bertz CT molecular complexity index is 3230. The first-order valence-corrected chi connectivity index (χ1v) is 28.1. The maximum absolute atomic E-state index is 14.1. The van der Waals surface area contributed by atoms with Crippen molar-refractivity contribution in [1.29, 1.82) is 0 Å². The second kappa shape index (κ2) is 26.4. The molecule has 0 spiro atoms. The highest BCUT2D eigenvalue weighted by Crippen LogP contribution is 2.37. The van der Waals surface area contributed by atoms with Crippen molar-refractivity contribution in [3.05, 3.63) is 143 Å². The van der Waals surface area contributed by atoms with Gasteiger partial charge >= 0.3 is 5.97 Å². The zero-order chi connectivity index (χ0) is 55.4. The molecule has 18 heteroatoms. The minimum atomic E-state index is -0.796. The summed E-state index contributed by atoms with van der Waals surface area (Å²) >= 11 is 1.03. The molecular weight excluding hydrogens is 1020 g/mol. The van der Waals surface area contributed by atoms with E-state index in [1.807, 2.05) is 73.5 Å². The summed E-state index contributed by atoms with van der Waals surface area (Å²) in [6, 6.07) is 33.6. The van der Waals surface area contributed by atoms with Crippen LogP contribution in [0.3, 0.4) is 0 Å². The van der Waals surface area contributed by atoms with Crippen LogP contribution in [0, 0.1) is 19.8 Å². The Morgan fingerprint density at radius 3 is 2.27 bits per heavy atom. The van der Waals surface area contributed by atoms with Gasteiger partial charge in [-0.15, -0.1) is 0 Å². The lowest BCUT2D eigenvalue weighted by Gasteiger charge is -2.39. The molecular formula is C61H70N8O9S. The van der Waals surface area contributed by atoms with E-state index in [1.165, 1.54) is 6.33 Å². The number of carbonyl (C=O) groups is 4. The molecule has 2 atom stereocenters. The molecule has 414 valence electrons. The number of fused-ring (bicyclic) bond motifs is 3. The number of carboxylic acids is 1. The first-order chi connectivity index (χ1) is 38.3. The third-order valence-electron chi connectivity index (χ3n) is 15.1. The van der Waals surface area contributed by atoms with Crippen LogP contribution in [-0.2, 0) is 38.5 Å². The molecule has 0 saturated carbocycles. The molecule has 3 aliphatic heterocycles. The van der Waals surface area contributed by atoms with Crippen LogP contribution in [0.5, 0.6) is 23.1 Å². The maximum Gasteiger partial charge on any atom is 0.303 e. The van der Waals surface area contributed by atoms with E-state index in [4.69, 9.17) is 23.9 Å². The van der Waals surface area contributed by atoms with E-state index in [0.717, 1.165) is 131 Å². The van der Waals surface area contributed by atoms with E-state index >= 15 is 0 Å². The molecule has 3 fully saturated rings. The molecule has 3 aromatic heterocycles. The zero-order valence-corrected chi connectivity index (χ0v) is 46.5. The monoisotopic (exact) mass is 1090 g/mol. The minimum absolute atomic E-state index is 0.0896. The van der Waals surface area contributed by atoms with Gasteiger partial charge in [0, 0.05) is 81.9 Å². The van der Waals surface area contributed by atoms with Crippen molar-refractivity contribution in [2.24, 2.45) is 5.92 Å². The third-order valence-corrected chi connectivity index (χ3v) is 16.1. The van der Waals surface area contributed by atoms with Gasteiger partial charge in [0.2, 0.25) is 17.7 Å². The van der Waals surface area contributed by atoms with Gasteiger partial charge in [-0.05, 0) is 129 Å². The Morgan fingerprint density at radius 1 is 0.886 bits per heavy atom. The zero-order valence-electron chi connectivity index (χ0n) is 45.7. The van der Waals surface area contributed by atoms with E-state index < -0.39 is 5.97 Å². The van der Waals surface area contributed by atoms with E-state index in [-0.39, 0.29) is 40.6 Å². The number of benzene rings is 4. The molecule has 7 aromatic rings. The van der Waals surface area contributed by atoms with Crippen LogP contribution in [-0.4, -0.2) is 136 Å². The van der Waals surface area contributed by atoms with Gasteiger partial charge in [0.05, 0.1) is 30.3 Å². The number of hydrogen-bond acceptors (Lipinski definition) is 14. The highest BCUT2D eigenvalue weighted by atomic mass is 32.2. The van der Waals surface area contributed by atoms with E-state index in [1.54, 1.807) is 13.2 Å². The number of amides is 3. The number of para-hydroxylation sites is 1. The summed E-state index contributed by atoms with van der Waals surface area (Å²) in [5, 5.41) is 13.2. The van der Waals surface area contributed by atoms with E-state index in [0.29, 0.717) is 63.2 Å². The Kier molecular flexibility index (Phi) is 18.8. The number of methoxy groups -OCH3 is 1. The highest BCUT2D eigenvalue weighted by Gasteiger charge is 2.36. The van der Waals surface area contributed by atoms with Gasteiger partial charge in [0.15, 0.2) is 0 Å². The fourth-order valence-electron chi connectivity index (χ4n) is 10.8. The van der Waals surface area contributed by atoms with Crippen molar-refractivity contribution in [3.63, 3.8) is 0 Å². The molecule has 3 saturated heterocycles. The predicted octanol–water partition coefficient (Wildman–Crippen LogP) is 9.62. The van der Waals surface area contributed by atoms with Crippen molar-refractivity contribution in [1.82, 2.24) is 34.6 Å². The molecule has 2 N–H and O–H groups in total. The average Bonchev–Trinajstić information content (AvgIpc) is 4.19. The summed E-state index contributed by atoms with van der Waals surface area (Å²) in [5.41, 5.74) is 8.27. The number of imide groups is 1. The van der Waals surface area contributed by atoms with Crippen molar-refractivity contribution < 1.29 is 43.2 Å². The normalized spacial score (nSPS) is 16.3. The van der Waals surface area contributed by atoms with Crippen LogP contribution in [0.25, 0.3) is 21.9 Å². The topological polar surface area (TPSA) is 191 Å². The van der Waals surface area contributed by atoms with Gasteiger partial charge in [-0.1, -0.05) is 73.3 Å². The second-order valence-electron chi connectivity index (χ2n) is 20.3. The lowest BCUT2D eigenvalue weighted by molar-refractivity contribution is -0.137. The van der Waals surface area contributed by atoms with Crippen LogP contribution in [0.15, 0.2) is 109 Å². The molecule has 6 heterocycles. The Hall–Kier alpha value is -7.54. The molecule has 10 rings (SSSR count). The van der Waals surface area contributed by atoms with Gasteiger partial charge < -0.3 is 38.4 Å². The number of likely N-dealkylation sites (N-methyl/N-ethyl adjacent to an activating group) is 1. The molecule has 17 nitrogen and oxygen atoms in total. The fourth-order valence-corrected chi connectivity index (χ4v) is 11.7. The van der Waals surface area contributed by atoms with E-state index in [2.05, 4.69) is 86.0 Å². The summed E-state index contributed by atoms with van der Waals surface area (Å²) in [6.45, 7) is 14.0. The smallest absolute Gasteiger partial charge is 0.303 e. The number of ether oxygens (including phenoxy) is 4. The fraction of sp³-hybridized carbons (Fsp3) is 0.393. The summed E-state index contributed by atoms with van der Waals surface area (Å²) in [6.07, 6.45) is 5.48. The highest BCUT2D eigenvalue weighted by molar-refractivity contribution is 8.15. The van der Waals surface area contributed by atoms with Crippen molar-refractivity contribution in [3.8, 4) is 23.1 Å². The van der Waals surface area contributed by atoms with Crippen molar-refractivity contribution >= 4 is 62.5 Å². The Labute approximate surface area is 465 Å². The number of piperazine rings is 1. The standard InChI is InChI=1S/C37H46N4O4.C24H24N4O5S/c1-4-17-39-18-20-40(21-19-39)37(44)35(29-15-22-45-23-16-29)28-11-9-27(10-12-28)24-41-32-8-6-5-7-31(32)34-25(2)30(13-14-33(42)43)26(3)38-36(34)41;1-28(21-14-22(26-15-25-21)33-19-9-7-17(31-2)8-10-19)11-12-32-18-5-3-16(4-6-18)13-20-23(29)27-24(30)34-20/h5-12,29,35H,4,13-24H2,1-3H3,(H,42,43);3-10,14-15,20H,11-13H2,1-2H3,(H,27,29,30)/t35-;/m1./s1. The van der Waals surface area contributed by atoms with Crippen molar-refractivity contribution in [2.75, 3.05) is 78.1 Å². The summed E-state index contributed by atoms with van der Waals surface area (Å²) < 4.78 is 24.8. The van der Waals surface area contributed by atoms with Crippen LogP contribution >= 0.6 is 11.8 Å². The number of hydrogen-bond donors (Lipinski definition) is 2. The average molecular weight is 1090 g/mol.